The molecule has 0 radical (unpaired) electrons. The number of hydrogen-bond donors (Lipinski definition) is 1. The minimum atomic E-state index is -0.824. The zero-order valence-corrected chi connectivity index (χ0v) is 8.90. The van der Waals surface area contributed by atoms with Crippen LogP contribution in [0.4, 0.5) is 0 Å². The molecule has 0 aromatic rings. The summed E-state index contributed by atoms with van der Waals surface area (Å²) in [6.45, 7) is 6.53. The van der Waals surface area contributed by atoms with Gasteiger partial charge in [-0.05, 0) is 25.2 Å². The van der Waals surface area contributed by atoms with E-state index in [1.165, 1.54) is 18.5 Å². The van der Waals surface area contributed by atoms with Gasteiger partial charge in [0.1, 0.15) is 8.11 Å². The van der Waals surface area contributed by atoms with Crippen LogP contribution in [-0.2, 0) is 0 Å². The van der Waals surface area contributed by atoms with Crippen molar-refractivity contribution in [3.05, 3.63) is 0 Å². The minimum absolute atomic E-state index is 0.824. The van der Waals surface area contributed by atoms with E-state index in [2.05, 4.69) is 19.2 Å². The van der Waals surface area contributed by atoms with Crippen LogP contribution in [0.3, 0.4) is 0 Å². The molecule has 0 heterocycles. The highest BCUT2D eigenvalue weighted by Gasteiger charge is 2.03. The molecule has 0 bridgehead atoms. The van der Waals surface area contributed by atoms with E-state index >= 15 is 0 Å². The van der Waals surface area contributed by atoms with Gasteiger partial charge in [0.15, 0.2) is 0 Å². The van der Waals surface area contributed by atoms with Gasteiger partial charge in [0, 0.05) is 0 Å². The molecule has 62 valence electrons. The van der Waals surface area contributed by atoms with Crippen molar-refractivity contribution in [2.24, 2.45) is 0 Å². The number of hydrogen-bond acceptors (Lipinski definition) is 1. The predicted molar refractivity (Wildman–Crippen MR) is 51.5 cm³/mol. The van der Waals surface area contributed by atoms with E-state index in [1.54, 1.807) is 0 Å². The van der Waals surface area contributed by atoms with Gasteiger partial charge in [0.2, 0.25) is 0 Å². The average molecular weight is 180 g/mol. The van der Waals surface area contributed by atoms with Crippen molar-refractivity contribution in [3.8, 4) is 0 Å². The second kappa shape index (κ2) is 7.57. The normalized spacial score (nSPS) is 13.5. The van der Waals surface area contributed by atoms with Crippen LogP contribution < -0.4 is 5.32 Å². The number of rotatable bonds is 6. The molecule has 0 aliphatic rings. The maximum atomic E-state index is 6.12. The maximum Gasteiger partial charge on any atom is 0.142 e. The molecule has 1 atom stereocenters. The van der Waals surface area contributed by atoms with Crippen molar-refractivity contribution in [2.45, 2.75) is 32.4 Å². The molecular weight excluding hydrogens is 162 g/mol. The van der Waals surface area contributed by atoms with E-state index < -0.39 is 8.11 Å². The van der Waals surface area contributed by atoms with Crippen molar-refractivity contribution in [1.29, 1.82) is 0 Å². The minimum Gasteiger partial charge on any atom is -0.317 e. The molecule has 0 aliphatic carbocycles. The van der Waals surface area contributed by atoms with Gasteiger partial charge in [0.05, 0.1) is 0 Å². The summed E-state index contributed by atoms with van der Waals surface area (Å²) in [4.78, 5) is 0. The van der Waals surface area contributed by atoms with Crippen LogP contribution in [0.15, 0.2) is 0 Å². The first-order valence-corrected chi connectivity index (χ1v) is 7.53. The second-order valence-corrected chi connectivity index (χ2v) is 6.73. The summed E-state index contributed by atoms with van der Waals surface area (Å²) in [6.07, 6.45) is 1.26. The maximum absolute atomic E-state index is 6.12. The van der Waals surface area contributed by atoms with Gasteiger partial charge in [0.25, 0.3) is 0 Å². The van der Waals surface area contributed by atoms with E-state index in [-0.39, 0.29) is 0 Å². The molecular formula is C7H18ClNSi. The molecule has 1 N–H and O–H groups in total. The monoisotopic (exact) mass is 179 g/mol. The second-order valence-electron chi connectivity index (χ2n) is 2.53. The molecule has 0 saturated carbocycles. The molecule has 0 fully saturated rings. The first-order chi connectivity index (χ1) is 4.81. The fourth-order valence-electron chi connectivity index (χ4n) is 0.893. The largest absolute Gasteiger partial charge is 0.317 e. The van der Waals surface area contributed by atoms with Gasteiger partial charge < -0.3 is 5.32 Å². The third-order valence-corrected chi connectivity index (χ3v) is 4.91. The Morgan fingerprint density at radius 3 is 2.50 bits per heavy atom. The SMILES string of the molecule is CCC[SiH](Cl)CCNCC. The van der Waals surface area contributed by atoms with Crippen LogP contribution in [0.2, 0.25) is 12.1 Å². The van der Waals surface area contributed by atoms with Crippen molar-refractivity contribution in [2.75, 3.05) is 13.1 Å². The topological polar surface area (TPSA) is 12.0 Å². The van der Waals surface area contributed by atoms with Crippen LogP contribution in [0.25, 0.3) is 0 Å². The predicted octanol–water partition coefficient (Wildman–Crippen LogP) is 1.97. The fraction of sp³-hybridized carbons (Fsp3) is 1.00. The molecule has 10 heavy (non-hydrogen) atoms. The van der Waals surface area contributed by atoms with Crippen LogP contribution in [0.1, 0.15) is 20.3 Å². The molecule has 0 aromatic carbocycles. The van der Waals surface area contributed by atoms with Crippen LogP contribution >= 0.6 is 11.1 Å². The standard InChI is InChI=1S/C7H18ClNSi/c1-3-6-10(8)7-5-9-4-2/h9-10H,3-7H2,1-2H3. The lowest BCUT2D eigenvalue weighted by Gasteiger charge is -2.04. The summed E-state index contributed by atoms with van der Waals surface area (Å²) < 4.78 is 0. The molecule has 0 aliphatic heterocycles. The first kappa shape index (κ1) is 10.5. The van der Waals surface area contributed by atoms with E-state index in [9.17, 15) is 0 Å². The quantitative estimate of drug-likeness (QED) is 0.374. The van der Waals surface area contributed by atoms with Crippen molar-refractivity contribution < 1.29 is 0 Å². The number of nitrogens with one attached hydrogen (secondary N) is 1. The van der Waals surface area contributed by atoms with Gasteiger partial charge >= 0.3 is 0 Å². The molecule has 0 saturated heterocycles. The lowest BCUT2D eigenvalue weighted by molar-refractivity contribution is 0.757. The summed E-state index contributed by atoms with van der Waals surface area (Å²) in [5.74, 6) is 0. The number of halogens is 1. The van der Waals surface area contributed by atoms with Gasteiger partial charge in [-0.3, -0.25) is 0 Å². The zero-order valence-electron chi connectivity index (χ0n) is 6.99. The lowest BCUT2D eigenvalue weighted by Crippen LogP contribution is -2.18. The smallest absolute Gasteiger partial charge is 0.142 e. The Morgan fingerprint density at radius 2 is 2.00 bits per heavy atom. The van der Waals surface area contributed by atoms with Crippen LogP contribution in [0, 0.1) is 0 Å². The molecule has 0 spiro atoms. The summed E-state index contributed by atoms with van der Waals surface area (Å²) in [5.41, 5.74) is 0. The van der Waals surface area contributed by atoms with Crippen molar-refractivity contribution >= 4 is 19.2 Å². The molecule has 0 rings (SSSR count). The van der Waals surface area contributed by atoms with Gasteiger partial charge in [-0.1, -0.05) is 20.3 Å². The first-order valence-electron chi connectivity index (χ1n) is 4.16. The summed E-state index contributed by atoms with van der Waals surface area (Å²) in [7, 11) is -0.824. The third-order valence-electron chi connectivity index (χ3n) is 1.49. The van der Waals surface area contributed by atoms with Gasteiger partial charge in [-0.15, -0.1) is 0 Å². The van der Waals surface area contributed by atoms with E-state index in [4.69, 9.17) is 11.1 Å². The van der Waals surface area contributed by atoms with Crippen molar-refractivity contribution in [1.82, 2.24) is 5.32 Å². The fourth-order valence-corrected chi connectivity index (χ4v) is 3.31. The molecule has 1 nitrogen and oxygen atoms in total. The van der Waals surface area contributed by atoms with Crippen molar-refractivity contribution in [3.63, 3.8) is 0 Å². The highest BCUT2D eigenvalue weighted by molar-refractivity contribution is 7.06. The average Bonchev–Trinajstić information content (AvgIpc) is 1.89. The Bertz CT molecular complexity index is 70.6. The van der Waals surface area contributed by atoms with Gasteiger partial charge in [-0.25, -0.2) is 0 Å². The Labute approximate surface area is 70.5 Å². The Balaban J connectivity index is 2.97. The molecule has 0 amide bonds. The van der Waals surface area contributed by atoms with E-state index in [1.807, 2.05) is 0 Å². The summed E-state index contributed by atoms with van der Waals surface area (Å²) in [6, 6.07) is 2.52. The molecule has 3 heteroatoms. The van der Waals surface area contributed by atoms with E-state index in [0.717, 1.165) is 13.1 Å². The van der Waals surface area contributed by atoms with Gasteiger partial charge in [-0.2, -0.15) is 11.1 Å². The summed E-state index contributed by atoms with van der Waals surface area (Å²) >= 11 is 6.12. The third kappa shape index (κ3) is 6.58. The highest BCUT2D eigenvalue weighted by Crippen LogP contribution is 2.05. The van der Waals surface area contributed by atoms with Crippen LogP contribution in [-0.4, -0.2) is 21.2 Å². The summed E-state index contributed by atoms with van der Waals surface area (Å²) in [5, 5.41) is 3.29. The molecule has 0 aromatic heterocycles. The highest BCUT2D eigenvalue weighted by atomic mass is 35.6. The Morgan fingerprint density at radius 1 is 1.30 bits per heavy atom. The zero-order chi connectivity index (χ0) is 7.82. The lowest BCUT2D eigenvalue weighted by atomic mass is 10.6. The Kier molecular flexibility index (Phi) is 7.93. The molecule has 1 unspecified atom stereocenters. The van der Waals surface area contributed by atoms with Crippen LogP contribution in [0.5, 0.6) is 0 Å². The Hall–Kier alpha value is 0.467. The van der Waals surface area contributed by atoms with E-state index in [0.29, 0.717) is 0 Å².